The number of rotatable bonds is 6. The van der Waals surface area contributed by atoms with Crippen molar-refractivity contribution in [3.8, 4) is 78.7 Å². The molecule has 0 saturated carbocycles. The SMILES string of the molecule is c1ccc(-c2ccc3c(c2)c2cc(-c4ccc5c(c4)c4cc(-c6ccccc6)ccc4n5-c4nc(-c5ccccc5)c5c(n4)-c4cccc6cccc-5c46)ccc2n3-c2ccccc2)cc1. The first-order chi connectivity index (χ1) is 32.7. The number of para-hydroxylation sites is 1. The molecule has 4 heteroatoms. The number of aromatic nitrogens is 4. The molecule has 306 valence electrons. The molecule has 0 saturated heterocycles. The molecule has 13 aromatic rings. The highest BCUT2D eigenvalue weighted by atomic mass is 15.2. The third kappa shape index (κ3) is 5.52. The van der Waals surface area contributed by atoms with Crippen LogP contribution in [0, 0.1) is 0 Å². The molecule has 3 heterocycles. The second-order valence-electron chi connectivity index (χ2n) is 17.3. The molecular formula is C62H38N4. The first-order valence-corrected chi connectivity index (χ1v) is 22.6. The van der Waals surface area contributed by atoms with Gasteiger partial charge in [0.25, 0.3) is 0 Å². The van der Waals surface area contributed by atoms with E-state index in [0.717, 1.165) is 66.7 Å². The quantitative estimate of drug-likeness (QED) is 0.167. The van der Waals surface area contributed by atoms with Crippen LogP contribution in [0.5, 0.6) is 0 Å². The minimum Gasteiger partial charge on any atom is -0.309 e. The second kappa shape index (κ2) is 14.3. The van der Waals surface area contributed by atoms with Crippen molar-refractivity contribution in [3.63, 3.8) is 0 Å². The van der Waals surface area contributed by atoms with E-state index >= 15 is 0 Å². The Bertz CT molecular complexity index is 4070. The van der Waals surface area contributed by atoms with E-state index in [9.17, 15) is 0 Å². The lowest BCUT2D eigenvalue weighted by atomic mass is 9.98. The largest absolute Gasteiger partial charge is 0.309 e. The van der Waals surface area contributed by atoms with Gasteiger partial charge in [0.05, 0.1) is 33.5 Å². The smallest absolute Gasteiger partial charge is 0.235 e. The van der Waals surface area contributed by atoms with Gasteiger partial charge < -0.3 is 4.57 Å². The van der Waals surface area contributed by atoms with Crippen LogP contribution < -0.4 is 0 Å². The molecule has 0 atom stereocenters. The summed E-state index contributed by atoms with van der Waals surface area (Å²) in [6.07, 6.45) is 0. The summed E-state index contributed by atoms with van der Waals surface area (Å²) in [4.78, 5) is 11.1. The minimum atomic E-state index is 0.655. The fraction of sp³-hybridized carbons (Fsp3) is 0. The van der Waals surface area contributed by atoms with Gasteiger partial charge in [-0.05, 0) is 110 Å². The van der Waals surface area contributed by atoms with Crippen molar-refractivity contribution in [2.45, 2.75) is 0 Å². The van der Waals surface area contributed by atoms with Gasteiger partial charge in [-0.1, -0.05) is 170 Å². The molecule has 66 heavy (non-hydrogen) atoms. The lowest BCUT2D eigenvalue weighted by molar-refractivity contribution is 0.999. The van der Waals surface area contributed by atoms with Crippen LogP contribution >= 0.6 is 0 Å². The van der Waals surface area contributed by atoms with Gasteiger partial charge in [0.15, 0.2) is 0 Å². The number of fused-ring (bicyclic) bond motifs is 9. The second-order valence-corrected chi connectivity index (χ2v) is 17.3. The van der Waals surface area contributed by atoms with Crippen molar-refractivity contribution in [1.82, 2.24) is 19.1 Å². The summed E-state index contributed by atoms with van der Waals surface area (Å²) in [6.45, 7) is 0. The highest BCUT2D eigenvalue weighted by Gasteiger charge is 2.29. The normalized spacial score (nSPS) is 11.9. The van der Waals surface area contributed by atoms with Gasteiger partial charge >= 0.3 is 0 Å². The first kappa shape index (κ1) is 36.6. The van der Waals surface area contributed by atoms with Gasteiger partial charge in [0, 0.05) is 43.9 Å². The van der Waals surface area contributed by atoms with Crippen LogP contribution in [0.15, 0.2) is 231 Å². The standard InChI is InChI=1S/C62H38N4/c1-5-15-39(16-6-1)43-27-31-54-50(35-43)51-37-45(29-32-55(51)65(54)47-23-11-4-12-24-47)46-30-34-57-53(38-46)52-36-44(40-17-7-2-8-18-40)28-33-56(52)66(57)62-63-60(42-19-9-3-10-20-42)59-48-25-13-21-41-22-14-26-49(58(41)48)61(59)64-62/h1-38H. The fourth-order valence-electron chi connectivity index (χ4n) is 10.6. The van der Waals surface area contributed by atoms with Gasteiger partial charge in [-0.3, -0.25) is 4.57 Å². The van der Waals surface area contributed by atoms with Crippen LogP contribution in [-0.4, -0.2) is 19.1 Å². The Labute approximate surface area is 381 Å². The van der Waals surface area contributed by atoms with E-state index in [1.807, 2.05) is 0 Å². The van der Waals surface area contributed by atoms with E-state index in [1.165, 1.54) is 60.4 Å². The predicted molar refractivity (Wildman–Crippen MR) is 274 cm³/mol. The summed E-state index contributed by atoms with van der Waals surface area (Å²) in [5, 5.41) is 7.18. The Morgan fingerprint density at radius 2 is 0.697 bits per heavy atom. The van der Waals surface area contributed by atoms with Gasteiger partial charge in [-0.2, -0.15) is 0 Å². The van der Waals surface area contributed by atoms with Crippen molar-refractivity contribution in [3.05, 3.63) is 231 Å². The molecule has 14 rings (SSSR count). The van der Waals surface area contributed by atoms with Crippen molar-refractivity contribution in [2.75, 3.05) is 0 Å². The van der Waals surface area contributed by atoms with Gasteiger partial charge in [0.2, 0.25) is 5.95 Å². The van der Waals surface area contributed by atoms with Crippen LogP contribution in [0.3, 0.4) is 0 Å². The Hall–Kier alpha value is -8.86. The highest BCUT2D eigenvalue weighted by molar-refractivity contribution is 6.18. The number of benzene rings is 10. The van der Waals surface area contributed by atoms with E-state index in [4.69, 9.17) is 9.97 Å². The number of nitrogens with zero attached hydrogens (tertiary/aromatic N) is 4. The van der Waals surface area contributed by atoms with Crippen molar-refractivity contribution < 1.29 is 0 Å². The lowest BCUT2D eigenvalue weighted by Crippen LogP contribution is -2.05. The monoisotopic (exact) mass is 838 g/mol. The van der Waals surface area contributed by atoms with E-state index in [2.05, 4.69) is 240 Å². The summed E-state index contributed by atoms with van der Waals surface area (Å²) in [5.41, 5.74) is 19.1. The molecule has 1 aliphatic rings. The molecule has 0 aliphatic heterocycles. The molecule has 4 nitrogen and oxygen atoms in total. The highest BCUT2D eigenvalue weighted by Crippen LogP contribution is 2.50. The predicted octanol–water partition coefficient (Wildman–Crippen LogP) is 16.1. The first-order valence-electron chi connectivity index (χ1n) is 22.6. The maximum atomic E-state index is 5.56. The summed E-state index contributed by atoms with van der Waals surface area (Å²) >= 11 is 0. The van der Waals surface area contributed by atoms with Crippen molar-refractivity contribution in [2.24, 2.45) is 0 Å². The Balaban J connectivity index is 1.01. The molecule has 1 aliphatic carbocycles. The van der Waals surface area contributed by atoms with E-state index in [1.54, 1.807) is 0 Å². The molecule has 0 N–H and O–H groups in total. The van der Waals surface area contributed by atoms with Crippen LogP contribution in [-0.2, 0) is 0 Å². The summed E-state index contributed by atoms with van der Waals surface area (Å²) in [5.74, 6) is 0.655. The maximum Gasteiger partial charge on any atom is 0.235 e. The maximum absolute atomic E-state index is 5.56. The molecule has 10 aromatic carbocycles. The topological polar surface area (TPSA) is 35.6 Å². The van der Waals surface area contributed by atoms with Crippen molar-refractivity contribution in [1.29, 1.82) is 0 Å². The van der Waals surface area contributed by atoms with E-state index in [-0.39, 0.29) is 0 Å². The summed E-state index contributed by atoms with van der Waals surface area (Å²) < 4.78 is 4.67. The Kier molecular flexibility index (Phi) is 7.95. The molecule has 0 bridgehead atoms. The van der Waals surface area contributed by atoms with Crippen LogP contribution in [0.2, 0.25) is 0 Å². The average molecular weight is 839 g/mol. The minimum absolute atomic E-state index is 0.655. The van der Waals surface area contributed by atoms with Gasteiger partial charge in [0.1, 0.15) is 0 Å². The lowest BCUT2D eigenvalue weighted by Gasteiger charge is -2.14. The summed E-state index contributed by atoms with van der Waals surface area (Å²) in [7, 11) is 0. The van der Waals surface area contributed by atoms with Crippen LogP contribution in [0.4, 0.5) is 0 Å². The summed E-state index contributed by atoms with van der Waals surface area (Å²) in [6, 6.07) is 83.3. The third-order valence-corrected chi connectivity index (χ3v) is 13.7. The third-order valence-electron chi connectivity index (χ3n) is 13.7. The van der Waals surface area contributed by atoms with Crippen molar-refractivity contribution >= 4 is 54.4 Å². The molecular weight excluding hydrogens is 801 g/mol. The van der Waals surface area contributed by atoms with Crippen LogP contribution in [0.1, 0.15) is 0 Å². The van der Waals surface area contributed by atoms with Crippen LogP contribution in [0.25, 0.3) is 133 Å². The zero-order valence-electron chi connectivity index (χ0n) is 35.7. The molecule has 3 aromatic heterocycles. The van der Waals surface area contributed by atoms with E-state index < -0.39 is 0 Å². The molecule has 0 amide bonds. The average Bonchev–Trinajstić information content (AvgIpc) is 4.02. The fourth-order valence-corrected chi connectivity index (χ4v) is 10.6. The van der Waals surface area contributed by atoms with Gasteiger partial charge in [-0.15, -0.1) is 0 Å². The van der Waals surface area contributed by atoms with E-state index in [0.29, 0.717) is 5.95 Å². The number of hydrogen-bond donors (Lipinski definition) is 0. The Morgan fingerprint density at radius 1 is 0.288 bits per heavy atom. The zero-order chi connectivity index (χ0) is 43.3. The molecule has 0 fully saturated rings. The molecule has 0 radical (unpaired) electrons. The zero-order valence-corrected chi connectivity index (χ0v) is 35.7. The molecule has 0 spiro atoms. The van der Waals surface area contributed by atoms with Gasteiger partial charge in [-0.25, -0.2) is 9.97 Å². The number of hydrogen-bond acceptors (Lipinski definition) is 2. The molecule has 0 unspecified atom stereocenters. The Morgan fingerprint density at radius 3 is 1.20 bits per heavy atom.